The minimum absolute atomic E-state index is 0.0146. The van der Waals surface area contributed by atoms with Gasteiger partial charge in [-0.3, -0.25) is 14.4 Å². The predicted octanol–water partition coefficient (Wildman–Crippen LogP) is 6.17. The van der Waals surface area contributed by atoms with Gasteiger partial charge in [0.05, 0.1) is 28.9 Å². The van der Waals surface area contributed by atoms with Gasteiger partial charge < -0.3 is 32.8 Å². The molecule has 52 heavy (non-hydrogen) atoms. The van der Waals surface area contributed by atoms with Crippen molar-refractivity contribution in [2.75, 3.05) is 7.11 Å². The third-order valence-corrected chi connectivity index (χ3v) is 14.2. The van der Waals surface area contributed by atoms with E-state index in [1.54, 1.807) is 45.9 Å². The molecule has 5 aliphatic rings. The summed E-state index contributed by atoms with van der Waals surface area (Å²) < 4.78 is 43.4. The van der Waals surface area contributed by atoms with E-state index < -0.39 is 74.5 Å². The van der Waals surface area contributed by atoms with Crippen LogP contribution in [0.3, 0.4) is 0 Å². The first-order chi connectivity index (χ1) is 24.1. The van der Waals surface area contributed by atoms with Crippen LogP contribution >= 0.6 is 0 Å². The zero-order valence-corrected chi connectivity index (χ0v) is 31.2. The molecule has 4 bridgehead atoms. The van der Waals surface area contributed by atoms with Gasteiger partial charge in [0.1, 0.15) is 28.1 Å². The van der Waals surface area contributed by atoms with Gasteiger partial charge in [-0.2, -0.15) is 0 Å². The van der Waals surface area contributed by atoms with E-state index in [0.29, 0.717) is 18.2 Å². The van der Waals surface area contributed by atoms with Crippen molar-refractivity contribution in [3.8, 4) is 11.5 Å². The van der Waals surface area contributed by atoms with Crippen molar-refractivity contribution >= 4 is 45.8 Å². The third kappa shape index (κ3) is 3.80. The second-order valence-corrected chi connectivity index (χ2v) is 17.3. The second kappa shape index (κ2) is 10.1. The number of hydrogen-bond donors (Lipinski definition) is 0. The van der Waals surface area contributed by atoms with Crippen LogP contribution in [0.15, 0.2) is 33.5 Å². The Balaban J connectivity index is 1.33. The summed E-state index contributed by atoms with van der Waals surface area (Å²) in [6, 6.07) is 6.73. The molecule has 0 radical (unpaired) electrons. The number of methoxy groups -OCH3 is 1. The standard InChI is InChI=1S/C40H44O12/c1-19-11-12-21-20(17-19)26(41)24-22(46-10)18-23-25(27(24)47-21)28(48-32(44)39-15-13-37(8,30(42)51-39)35(39,4)5)29(34(2,3)50-23)49-33(45)40-16-14-38(9,31(43)52-40)36(40,6)7/h11-12,17-18,28-29H,13-16H2,1-10H3/t28-,29-,37+,38+,39?,40?/m1/s1. The Morgan fingerprint density at radius 2 is 1.31 bits per heavy atom. The van der Waals surface area contributed by atoms with Crippen LogP contribution in [0.2, 0.25) is 0 Å². The molecule has 3 aliphatic heterocycles. The Hall–Kier alpha value is -4.61. The lowest BCUT2D eigenvalue weighted by Crippen LogP contribution is -2.57. The van der Waals surface area contributed by atoms with E-state index in [4.69, 9.17) is 32.8 Å². The van der Waals surface area contributed by atoms with Crippen LogP contribution < -0.4 is 14.9 Å². The van der Waals surface area contributed by atoms with Crippen molar-refractivity contribution in [3.63, 3.8) is 0 Å². The Labute approximate surface area is 300 Å². The normalized spacial score (nSPS) is 34.4. The van der Waals surface area contributed by atoms with Crippen molar-refractivity contribution in [2.45, 2.75) is 117 Å². The lowest BCUT2D eigenvalue weighted by Gasteiger charge is -2.46. The van der Waals surface area contributed by atoms with Gasteiger partial charge in [0, 0.05) is 16.9 Å². The summed E-state index contributed by atoms with van der Waals surface area (Å²) in [6.07, 6.45) is -1.53. The highest BCUT2D eigenvalue weighted by Gasteiger charge is 2.78. The van der Waals surface area contributed by atoms with Crippen LogP contribution in [-0.2, 0) is 38.1 Å². The second-order valence-electron chi connectivity index (χ2n) is 17.3. The third-order valence-electron chi connectivity index (χ3n) is 14.2. The maximum atomic E-state index is 14.7. The first-order valence-corrected chi connectivity index (χ1v) is 17.8. The minimum Gasteiger partial charge on any atom is -0.496 e. The summed E-state index contributed by atoms with van der Waals surface area (Å²) in [5.74, 6) is -2.27. The smallest absolute Gasteiger partial charge is 0.351 e. The van der Waals surface area contributed by atoms with Crippen LogP contribution in [0, 0.1) is 28.6 Å². The monoisotopic (exact) mass is 716 g/mol. The number of hydrogen-bond acceptors (Lipinski definition) is 12. The molecule has 2 aromatic carbocycles. The fraction of sp³-hybridized carbons (Fsp3) is 0.575. The maximum Gasteiger partial charge on any atom is 0.351 e. The quantitative estimate of drug-likeness (QED) is 0.168. The van der Waals surface area contributed by atoms with Gasteiger partial charge in [0.25, 0.3) is 0 Å². The molecule has 6 atom stereocenters. The van der Waals surface area contributed by atoms with E-state index in [0.717, 1.165) is 5.56 Å². The van der Waals surface area contributed by atoms with Crippen molar-refractivity contribution in [3.05, 3.63) is 45.6 Å². The average molecular weight is 717 g/mol. The fourth-order valence-corrected chi connectivity index (χ4v) is 9.63. The van der Waals surface area contributed by atoms with Gasteiger partial charge in [-0.1, -0.05) is 39.3 Å². The number of benzene rings is 2. The number of carbonyl (C=O) groups excluding carboxylic acids is 4. The largest absolute Gasteiger partial charge is 0.496 e. The molecule has 12 nitrogen and oxygen atoms in total. The fourth-order valence-electron chi connectivity index (χ4n) is 9.63. The molecular formula is C40H44O12. The van der Waals surface area contributed by atoms with Crippen LogP contribution in [0.5, 0.6) is 11.5 Å². The Kier molecular flexibility index (Phi) is 6.68. The highest BCUT2D eigenvalue weighted by Crippen LogP contribution is 2.68. The van der Waals surface area contributed by atoms with Crippen LogP contribution in [0.4, 0.5) is 0 Å². The number of aryl methyl sites for hydroxylation is 1. The van der Waals surface area contributed by atoms with Gasteiger partial charge in [-0.25, -0.2) is 9.59 Å². The first-order valence-electron chi connectivity index (χ1n) is 17.8. The van der Waals surface area contributed by atoms with Crippen LogP contribution in [-0.4, -0.2) is 53.9 Å². The minimum atomic E-state index is -1.64. The van der Waals surface area contributed by atoms with Gasteiger partial charge in [-0.15, -0.1) is 0 Å². The summed E-state index contributed by atoms with van der Waals surface area (Å²) in [5.41, 5.74) is -7.49. The summed E-state index contributed by atoms with van der Waals surface area (Å²) in [5, 5.41) is 0.390. The molecule has 2 saturated heterocycles. The van der Waals surface area contributed by atoms with E-state index in [9.17, 15) is 24.0 Å². The number of fused-ring (bicyclic) bond motifs is 8. The van der Waals surface area contributed by atoms with Crippen LogP contribution in [0.1, 0.15) is 98.3 Å². The molecule has 0 N–H and O–H groups in total. The lowest BCUT2D eigenvalue weighted by molar-refractivity contribution is -0.217. The molecule has 1 aromatic heterocycles. The van der Waals surface area contributed by atoms with Crippen molar-refractivity contribution in [1.82, 2.24) is 0 Å². The molecule has 2 saturated carbocycles. The van der Waals surface area contributed by atoms with Gasteiger partial charge in [0.2, 0.25) is 16.6 Å². The van der Waals surface area contributed by atoms with E-state index in [2.05, 4.69) is 0 Å². The highest BCUT2D eigenvalue weighted by atomic mass is 16.7. The molecule has 8 rings (SSSR count). The molecule has 276 valence electrons. The molecule has 0 spiro atoms. The van der Waals surface area contributed by atoms with E-state index in [1.807, 2.05) is 34.6 Å². The Morgan fingerprint density at radius 1 is 0.750 bits per heavy atom. The molecule has 4 fully saturated rings. The molecule has 3 aromatic rings. The number of esters is 4. The van der Waals surface area contributed by atoms with E-state index in [-0.39, 0.29) is 51.9 Å². The summed E-state index contributed by atoms with van der Waals surface area (Å²) in [6.45, 7) is 16.0. The predicted molar refractivity (Wildman–Crippen MR) is 185 cm³/mol. The molecule has 4 heterocycles. The molecule has 12 heteroatoms. The zero-order chi connectivity index (χ0) is 37.8. The van der Waals surface area contributed by atoms with Crippen LogP contribution in [0.25, 0.3) is 21.9 Å². The number of carbonyl (C=O) groups is 4. The topological polar surface area (TPSA) is 154 Å². The van der Waals surface area contributed by atoms with E-state index in [1.165, 1.54) is 13.2 Å². The highest BCUT2D eigenvalue weighted by molar-refractivity contribution is 5.98. The zero-order valence-electron chi connectivity index (χ0n) is 31.2. The average Bonchev–Trinajstić information content (AvgIpc) is 3.53. The van der Waals surface area contributed by atoms with Crippen molar-refractivity contribution in [2.24, 2.45) is 21.7 Å². The molecule has 0 amide bonds. The van der Waals surface area contributed by atoms with Gasteiger partial charge in [0.15, 0.2) is 17.8 Å². The SMILES string of the molecule is COc1cc2c(c3oc4ccc(C)cc4c(=O)c13)[C@@H](OC(=O)C13CC[C@@](C)(C(=O)O1)C3(C)C)[C@@H](OC(=O)C13CC[C@@](C)(C(=O)O1)C3(C)C)C(C)(C)O2. The maximum absolute atomic E-state index is 14.7. The molecule has 2 aliphatic carbocycles. The molecular weight excluding hydrogens is 672 g/mol. The lowest BCUT2D eigenvalue weighted by atomic mass is 9.66. The first kappa shape index (κ1) is 34.5. The van der Waals surface area contributed by atoms with Crippen molar-refractivity contribution in [1.29, 1.82) is 0 Å². The summed E-state index contributed by atoms with van der Waals surface area (Å²) in [4.78, 5) is 69.9. The number of ether oxygens (including phenoxy) is 6. The molecule has 2 unspecified atom stereocenters. The van der Waals surface area contributed by atoms with E-state index >= 15 is 0 Å². The van der Waals surface area contributed by atoms with Gasteiger partial charge >= 0.3 is 23.9 Å². The van der Waals surface area contributed by atoms with Crippen molar-refractivity contribution < 1.29 is 52.0 Å². The van der Waals surface area contributed by atoms with Gasteiger partial charge in [-0.05, 0) is 72.4 Å². The number of rotatable bonds is 5. The summed E-state index contributed by atoms with van der Waals surface area (Å²) in [7, 11) is 1.42. The Bertz CT molecular complexity index is 2230. The Morgan fingerprint density at radius 3 is 1.81 bits per heavy atom. The summed E-state index contributed by atoms with van der Waals surface area (Å²) >= 11 is 0.